The molecular formula is C21H26O4. The SMILES string of the molecule is COc1ccccc1/C=C/[C@]12C=C[C@@]3(OO1)C(C)(C)CCC[C@]3(C)O2. The van der Waals surface area contributed by atoms with Crippen LogP contribution in [-0.2, 0) is 14.5 Å². The summed E-state index contributed by atoms with van der Waals surface area (Å²) in [5.41, 5.74) is -0.0304. The Hall–Kier alpha value is -1.62. The first-order chi connectivity index (χ1) is 11.9. The van der Waals surface area contributed by atoms with Crippen molar-refractivity contribution in [2.45, 2.75) is 57.0 Å². The maximum absolute atomic E-state index is 6.52. The van der Waals surface area contributed by atoms with Gasteiger partial charge in [0.1, 0.15) is 11.4 Å². The van der Waals surface area contributed by atoms with E-state index in [0.717, 1.165) is 30.6 Å². The smallest absolute Gasteiger partial charge is 0.241 e. The molecule has 1 saturated carbocycles. The average Bonchev–Trinajstić information content (AvgIpc) is 2.60. The molecule has 0 N–H and O–H groups in total. The molecule has 3 heterocycles. The highest BCUT2D eigenvalue weighted by Crippen LogP contribution is 2.60. The van der Waals surface area contributed by atoms with Crippen molar-refractivity contribution in [1.82, 2.24) is 0 Å². The first-order valence-electron chi connectivity index (χ1n) is 8.95. The predicted molar refractivity (Wildman–Crippen MR) is 95.9 cm³/mol. The zero-order valence-electron chi connectivity index (χ0n) is 15.4. The maximum Gasteiger partial charge on any atom is 0.241 e. The number of rotatable bonds is 3. The van der Waals surface area contributed by atoms with Gasteiger partial charge in [0.2, 0.25) is 5.79 Å². The first kappa shape index (κ1) is 16.8. The van der Waals surface area contributed by atoms with Crippen molar-refractivity contribution >= 4 is 6.08 Å². The van der Waals surface area contributed by atoms with Crippen LogP contribution in [0.5, 0.6) is 5.75 Å². The molecule has 1 aromatic carbocycles. The van der Waals surface area contributed by atoms with Gasteiger partial charge in [-0.05, 0) is 56.6 Å². The third-order valence-corrected chi connectivity index (χ3v) is 6.12. The lowest BCUT2D eigenvalue weighted by molar-refractivity contribution is -0.540. The zero-order valence-corrected chi connectivity index (χ0v) is 15.4. The number of hydrogen-bond acceptors (Lipinski definition) is 4. The summed E-state index contributed by atoms with van der Waals surface area (Å²) in [5.74, 6) is -0.184. The topological polar surface area (TPSA) is 36.9 Å². The van der Waals surface area contributed by atoms with E-state index in [9.17, 15) is 0 Å². The molecule has 1 aromatic rings. The summed E-state index contributed by atoms with van der Waals surface area (Å²) in [6, 6.07) is 7.86. The predicted octanol–water partition coefficient (Wildman–Crippen LogP) is 4.66. The highest BCUT2D eigenvalue weighted by atomic mass is 17.3. The Morgan fingerprint density at radius 1 is 1.04 bits per heavy atom. The van der Waals surface area contributed by atoms with E-state index < -0.39 is 17.0 Å². The second kappa shape index (κ2) is 5.44. The van der Waals surface area contributed by atoms with Crippen molar-refractivity contribution in [2.75, 3.05) is 7.11 Å². The summed E-state index contributed by atoms with van der Waals surface area (Å²) in [5, 5.41) is 0. The van der Waals surface area contributed by atoms with Crippen LogP contribution in [0.15, 0.2) is 42.5 Å². The molecule has 3 aliphatic heterocycles. The van der Waals surface area contributed by atoms with Crippen LogP contribution in [0, 0.1) is 5.41 Å². The highest BCUT2D eigenvalue weighted by molar-refractivity contribution is 5.58. The number of benzene rings is 1. The van der Waals surface area contributed by atoms with Crippen LogP contribution in [0.4, 0.5) is 0 Å². The van der Waals surface area contributed by atoms with Crippen molar-refractivity contribution in [3.8, 4) is 5.75 Å². The van der Waals surface area contributed by atoms with Crippen molar-refractivity contribution < 1.29 is 19.2 Å². The minimum Gasteiger partial charge on any atom is -0.496 e. The molecule has 0 radical (unpaired) electrons. The van der Waals surface area contributed by atoms with Gasteiger partial charge in [0.15, 0.2) is 5.60 Å². The Kier molecular flexibility index (Phi) is 3.66. The molecule has 25 heavy (non-hydrogen) atoms. The zero-order chi connectivity index (χ0) is 17.8. The van der Waals surface area contributed by atoms with Crippen LogP contribution in [0.1, 0.15) is 45.6 Å². The quantitative estimate of drug-likeness (QED) is 0.591. The third kappa shape index (κ3) is 2.31. The molecule has 0 unspecified atom stereocenters. The molecule has 1 aliphatic carbocycles. The van der Waals surface area contributed by atoms with Crippen LogP contribution in [0.3, 0.4) is 0 Å². The molecule has 4 nitrogen and oxygen atoms in total. The average molecular weight is 342 g/mol. The second-order valence-corrected chi connectivity index (χ2v) is 8.10. The Bertz CT molecular complexity index is 737. The fourth-order valence-electron chi connectivity index (χ4n) is 4.63. The summed E-state index contributed by atoms with van der Waals surface area (Å²) in [6.45, 7) is 6.60. The summed E-state index contributed by atoms with van der Waals surface area (Å²) < 4.78 is 11.9. The van der Waals surface area contributed by atoms with E-state index in [1.807, 2.05) is 42.5 Å². The second-order valence-electron chi connectivity index (χ2n) is 8.10. The molecule has 4 heteroatoms. The molecule has 2 bridgehead atoms. The third-order valence-electron chi connectivity index (χ3n) is 6.12. The van der Waals surface area contributed by atoms with Gasteiger partial charge in [0.05, 0.1) is 7.11 Å². The Balaban J connectivity index is 1.70. The fraction of sp³-hybridized carbons (Fsp3) is 0.524. The van der Waals surface area contributed by atoms with Crippen LogP contribution >= 0.6 is 0 Å². The lowest BCUT2D eigenvalue weighted by Gasteiger charge is -2.64. The molecule has 0 amide bonds. The number of ether oxygens (including phenoxy) is 2. The van der Waals surface area contributed by atoms with Gasteiger partial charge in [0.25, 0.3) is 0 Å². The van der Waals surface area contributed by atoms with E-state index >= 15 is 0 Å². The van der Waals surface area contributed by atoms with Crippen molar-refractivity contribution in [1.29, 1.82) is 0 Å². The lowest BCUT2D eigenvalue weighted by Crippen LogP contribution is -2.73. The number of para-hydroxylation sites is 1. The van der Waals surface area contributed by atoms with Crippen LogP contribution < -0.4 is 4.74 Å². The van der Waals surface area contributed by atoms with Crippen molar-refractivity contribution in [3.05, 3.63) is 48.1 Å². The molecule has 134 valence electrons. The normalized spacial score (nSPS) is 38.7. The molecule has 3 atom stereocenters. The Morgan fingerprint density at radius 3 is 2.56 bits per heavy atom. The fourth-order valence-corrected chi connectivity index (χ4v) is 4.63. The van der Waals surface area contributed by atoms with Gasteiger partial charge in [0, 0.05) is 11.0 Å². The standard InChI is InChI=1S/C21H26O4/c1-18(2)11-7-12-19(3)21(18)15-14-20(23-19,24-25-21)13-10-16-8-5-6-9-17(16)22-4/h5-6,8-10,13-15H,7,11-12H2,1-4H3/b13-10+/t19-,20+,21+/m0/s1. The molecule has 0 aromatic heterocycles. The van der Waals surface area contributed by atoms with Crippen LogP contribution in [-0.4, -0.2) is 24.1 Å². The van der Waals surface area contributed by atoms with Gasteiger partial charge in [-0.15, -0.1) is 0 Å². The van der Waals surface area contributed by atoms with Gasteiger partial charge in [-0.1, -0.05) is 32.0 Å². The minimum atomic E-state index is -0.995. The molecule has 5 rings (SSSR count). The molecule has 4 aliphatic rings. The van der Waals surface area contributed by atoms with E-state index in [1.54, 1.807) is 7.11 Å². The van der Waals surface area contributed by atoms with E-state index in [0.29, 0.717) is 0 Å². The molecular weight excluding hydrogens is 316 g/mol. The largest absolute Gasteiger partial charge is 0.496 e. The van der Waals surface area contributed by atoms with E-state index in [4.69, 9.17) is 19.2 Å². The van der Waals surface area contributed by atoms with Crippen LogP contribution in [0.25, 0.3) is 6.08 Å². The van der Waals surface area contributed by atoms with Gasteiger partial charge < -0.3 is 9.47 Å². The molecule has 1 spiro atoms. The van der Waals surface area contributed by atoms with E-state index in [2.05, 4.69) is 26.8 Å². The van der Waals surface area contributed by atoms with Gasteiger partial charge in [-0.3, -0.25) is 0 Å². The number of hydrogen-bond donors (Lipinski definition) is 0. The lowest BCUT2D eigenvalue weighted by atomic mass is 9.57. The van der Waals surface area contributed by atoms with E-state index in [-0.39, 0.29) is 5.41 Å². The van der Waals surface area contributed by atoms with Gasteiger partial charge in [-0.2, -0.15) is 4.89 Å². The Morgan fingerprint density at radius 2 is 1.84 bits per heavy atom. The van der Waals surface area contributed by atoms with Crippen molar-refractivity contribution in [2.24, 2.45) is 5.41 Å². The summed E-state index contributed by atoms with van der Waals surface area (Å²) in [6.07, 6.45) is 11.2. The van der Waals surface area contributed by atoms with Gasteiger partial charge in [-0.25, -0.2) is 4.89 Å². The minimum absolute atomic E-state index is 0.0462. The monoisotopic (exact) mass is 342 g/mol. The van der Waals surface area contributed by atoms with E-state index in [1.165, 1.54) is 0 Å². The molecule has 1 saturated heterocycles. The van der Waals surface area contributed by atoms with Crippen molar-refractivity contribution in [3.63, 3.8) is 0 Å². The van der Waals surface area contributed by atoms with Crippen LogP contribution in [0.2, 0.25) is 0 Å². The summed E-state index contributed by atoms with van der Waals surface area (Å²) in [4.78, 5) is 11.8. The summed E-state index contributed by atoms with van der Waals surface area (Å²) in [7, 11) is 1.67. The summed E-state index contributed by atoms with van der Waals surface area (Å²) >= 11 is 0. The first-order valence-corrected chi connectivity index (χ1v) is 8.95. The van der Waals surface area contributed by atoms with Gasteiger partial charge >= 0.3 is 0 Å². The highest BCUT2D eigenvalue weighted by Gasteiger charge is 2.68. The number of fused-ring (bicyclic) bond motifs is 1. The molecule has 2 fully saturated rings. The maximum atomic E-state index is 6.52. The Labute approximate surface area is 149 Å². The number of methoxy groups -OCH3 is 1.